The maximum absolute atomic E-state index is 12.3. The number of likely N-dealkylation sites (N-methyl/N-ethyl adjacent to an activating group) is 1. The normalized spacial score (nSPS) is 25.5. The lowest BCUT2D eigenvalue weighted by molar-refractivity contribution is -0.123. The molecule has 1 aromatic heterocycles. The largest absolute Gasteiger partial charge is 0.371 e. The molecule has 2 aliphatic rings. The molecule has 1 saturated heterocycles. The summed E-state index contributed by atoms with van der Waals surface area (Å²) in [6, 6.07) is 0.675. The number of carbonyl (C=O) groups excluding carboxylic acids is 1. The standard InChI is InChI=1S/C15H24N4O2/c1-3-19(12-4-5-12)10-14(20)17-13-6-7-21-15(13)11-8-16-18(2)9-11/h8-9,12-13,15H,3-7,10H2,1-2H3,(H,17,20)/t13-,15+/m0/s1. The van der Waals surface area contributed by atoms with Gasteiger partial charge in [-0.2, -0.15) is 5.10 Å². The number of aromatic nitrogens is 2. The van der Waals surface area contributed by atoms with Gasteiger partial charge in [0.15, 0.2) is 0 Å². The first-order valence-electron chi connectivity index (χ1n) is 7.81. The van der Waals surface area contributed by atoms with Gasteiger partial charge in [0.1, 0.15) is 6.10 Å². The highest BCUT2D eigenvalue weighted by molar-refractivity contribution is 5.78. The van der Waals surface area contributed by atoms with Gasteiger partial charge < -0.3 is 10.1 Å². The van der Waals surface area contributed by atoms with Crippen LogP contribution in [0, 0.1) is 0 Å². The number of aryl methyl sites for hydroxylation is 1. The Kier molecular flexibility index (Phi) is 4.26. The zero-order valence-electron chi connectivity index (χ0n) is 12.8. The minimum atomic E-state index is -0.0707. The Morgan fingerprint density at radius 1 is 1.52 bits per heavy atom. The number of rotatable bonds is 6. The monoisotopic (exact) mass is 292 g/mol. The van der Waals surface area contributed by atoms with Crippen LogP contribution in [0.3, 0.4) is 0 Å². The summed E-state index contributed by atoms with van der Waals surface area (Å²) in [5.41, 5.74) is 1.04. The number of amides is 1. The maximum Gasteiger partial charge on any atom is 0.234 e. The number of hydrogen-bond donors (Lipinski definition) is 1. The number of nitrogens with zero attached hydrogens (tertiary/aromatic N) is 3. The van der Waals surface area contributed by atoms with Gasteiger partial charge >= 0.3 is 0 Å². The first-order chi connectivity index (χ1) is 10.2. The van der Waals surface area contributed by atoms with Gasteiger partial charge in [-0.3, -0.25) is 14.4 Å². The average molecular weight is 292 g/mol. The molecule has 1 saturated carbocycles. The van der Waals surface area contributed by atoms with Crippen LogP contribution >= 0.6 is 0 Å². The molecular weight excluding hydrogens is 268 g/mol. The van der Waals surface area contributed by atoms with E-state index in [4.69, 9.17) is 4.74 Å². The van der Waals surface area contributed by atoms with Crippen molar-refractivity contribution in [1.29, 1.82) is 0 Å². The van der Waals surface area contributed by atoms with Crippen LogP contribution < -0.4 is 5.32 Å². The second-order valence-electron chi connectivity index (χ2n) is 6.00. The van der Waals surface area contributed by atoms with Gasteiger partial charge in [-0.05, 0) is 25.8 Å². The first-order valence-corrected chi connectivity index (χ1v) is 7.81. The van der Waals surface area contributed by atoms with E-state index in [0.717, 1.165) is 18.5 Å². The van der Waals surface area contributed by atoms with E-state index in [1.807, 2.05) is 19.4 Å². The number of ether oxygens (including phenoxy) is 1. The summed E-state index contributed by atoms with van der Waals surface area (Å²) in [6.45, 7) is 4.23. The summed E-state index contributed by atoms with van der Waals surface area (Å²) in [5, 5.41) is 7.33. The average Bonchev–Trinajstić information content (AvgIpc) is 3.06. The van der Waals surface area contributed by atoms with Gasteiger partial charge in [0.05, 0.1) is 18.8 Å². The predicted octanol–water partition coefficient (Wildman–Crippen LogP) is 0.851. The lowest BCUT2D eigenvalue weighted by Gasteiger charge is -2.23. The minimum Gasteiger partial charge on any atom is -0.371 e. The van der Waals surface area contributed by atoms with E-state index in [9.17, 15) is 4.79 Å². The molecule has 1 amide bonds. The summed E-state index contributed by atoms with van der Waals surface area (Å²) < 4.78 is 7.54. The summed E-state index contributed by atoms with van der Waals surface area (Å²) in [7, 11) is 1.89. The number of hydrogen-bond acceptors (Lipinski definition) is 4. The molecule has 0 aromatic carbocycles. The molecule has 0 spiro atoms. The van der Waals surface area contributed by atoms with Crippen molar-refractivity contribution in [3.8, 4) is 0 Å². The van der Waals surface area contributed by atoms with Crippen LogP contribution in [0.25, 0.3) is 0 Å². The summed E-state index contributed by atoms with van der Waals surface area (Å²) in [6.07, 6.45) is 7.02. The van der Waals surface area contributed by atoms with E-state index in [-0.39, 0.29) is 18.1 Å². The van der Waals surface area contributed by atoms with Crippen molar-refractivity contribution in [2.45, 2.75) is 44.4 Å². The van der Waals surface area contributed by atoms with Gasteiger partial charge in [0.25, 0.3) is 0 Å². The lowest BCUT2D eigenvalue weighted by Crippen LogP contribution is -2.43. The summed E-state index contributed by atoms with van der Waals surface area (Å²) in [4.78, 5) is 14.5. The molecule has 1 aromatic rings. The minimum absolute atomic E-state index is 0.0552. The highest BCUT2D eigenvalue weighted by Crippen LogP contribution is 2.29. The highest BCUT2D eigenvalue weighted by Gasteiger charge is 2.33. The van der Waals surface area contributed by atoms with E-state index in [1.54, 1.807) is 4.68 Å². The third-order valence-electron chi connectivity index (χ3n) is 4.31. The van der Waals surface area contributed by atoms with Crippen LogP contribution in [0.1, 0.15) is 37.9 Å². The van der Waals surface area contributed by atoms with Crippen LogP contribution in [-0.4, -0.2) is 52.4 Å². The Morgan fingerprint density at radius 2 is 2.33 bits per heavy atom. The fraction of sp³-hybridized carbons (Fsp3) is 0.733. The van der Waals surface area contributed by atoms with E-state index in [0.29, 0.717) is 19.2 Å². The lowest BCUT2D eigenvalue weighted by atomic mass is 10.1. The Balaban J connectivity index is 1.56. The van der Waals surface area contributed by atoms with Crippen LogP contribution in [0.4, 0.5) is 0 Å². The molecule has 0 radical (unpaired) electrons. The van der Waals surface area contributed by atoms with Crippen molar-refractivity contribution in [1.82, 2.24) is 20.0 Å². The highest BCUT2D eigenvalue weighted by atomic mass is 16.5. The SMILES string of the molecule is CCN(CC(=O)N[C@H]1CCO[C@@H]1c1cnn(C)c1)C1CC1. The molecular formula is C15H24N4O2. The van der Waals surface area contributed by atoms with Crippen LogP contribution in [0.2, 0.25) is 0 Å². The zero-order chi connectivity index (χ0) is 14.8. The van der Waals surface area contributed by atoms with Crippen molar-refractivity contribution in [2.24, 2.45) is 7.05 Å². The van der Waals surface area contributed by atoms with Crippen molar-refractivity contribution < 1.29 is 9.53 Å². The molecule has 1 aliphatic heterocycles. The molecule has 0 unspecified atom stereocenters. The third kappa shape index (κ3) is 3.44. The molecule has 2 fully saturated rings. The second kappa shape index (κ2) is 6.15. The van der Waals surface area contributed by atoms with E-state index < -0.39 is 0 Å². The van der Waals surface area contributed by atoms with Gasteiger partial charge in [-0.25, -0.2) is 0 Å². The quantitative estimate of drug-likeness (QED) is 0.844. The van der Waals surface area contributed by atoms with Crippen LogP contribution in [0.5, 0.6) is 0 Å². The Morgan fingerprint density at radius 3 is 2.95 bits per heavy atom. The van der Waals surface area contributed by atoms with Crippen LogP contribution in [-0.2, 0) is 16.6 Å². The molecule has 2 atom stereocenters. The fourth-order valence-electron chi connectivity index (χ4n) is 3.03. The van der Waals surface area contributed by atoms with E-state index in [1.165, 1.54) is 12.8 Å². The fourth-order valence-corrected chi connectivity index (χ4v) is 3.03. The van der Waals surface area contributed by atoms with Crippen molar-refractivity contribution in [2.75, 3.05) is 19.7 Å². The van der Waals surface area contributed by atoms with E-state index in [2.05, 4.69) is 22.2 Å². The zero-order valence-corrected chi connectivity index (χ0v) is 12.8. The maximum atomic E-state index is 12.3. The van der Waals surface area contributed by atoms with Crippen molar-refractivity contribution in [3.63, 3.8) is 0 Å². The van der Waals surface area contributed by atoms with Crippen LogP contribution in [0.15, 0.2) is 12.4 Å². The van der Waals surface area contributed by atoms with Crippen molar-refractivity contribution in [3.05, 3.63) is 18.0 Å². The van der Waals surface area contributed by atoms with Gasteiger partial charge in [0.2, 0.25) is 5.91 Å². The topological polar surface area (TPSA) is 59.4 Å². The molecule has 116 valence electrons. The molecule has 6 heteroatoms. The smallest absolute Gasteiger partial charge is 0.234 e. The van der Waals surface area contributed by atoms with Gasteiger partial charge in [0, 0.05) is 31.5 Å². The van der Waals surface area contributed by atoms with E-state index >= 15 is 0 Å². The van der Waals surface area contributed by atoms with Crippen molar-refractivity contribution >= 4 is 5.91 Å². The third-order valence-corrected chi connectivity index (χ3v) is 4.31. The molecule has 6 nitrogen and oxygen atoms in total. The first kappa shape index (κ1) is 14.5. The molecule has 1 aliphatic carbocycles. The second-order valence-corrected chi connectivity index (χ2v) is 6.00. The molecule has 3 rings (SSSR count). The number of nitrogens with one attached hydrogen (secondary N) is 1. The Bertz CT molecular complexity index is 498. The molecule has 21 heavy (non-hydrogen) atoms. The van der Waals surface area contributed by atoms with Gasteiger partial charge in [-0.1, -0.05) is 6.92 Å². The Labute approximate surface area is 125 Å². The molecule has 0 bridgehead atoms. The predicted molar refractivity (Wildman–Crippen MR) is 78.7 cm³/mol. The molecule has 2 heterocycles. The summed E-state index contributed by atoms with van der Waals surface area (Å²) >= 11 is 0. The van der Waals surface area contributed by atoms with Gasteiger partial charge in [-0.15, -0.1) is 0 Å². The molecule has 1 N–H and O–H groups in total. The summed E-state index contributed by atoms with van der Waals surface area (Å²) in [5.74, 6) is 0.105. The Hall–Kier alpha value is -1.40. The number of carbonyl (C=O) groups is 1.